The van der Waals surface area contributed by atoms with Crippen molar-refractivity contribution in [3.05, 3.63) is 40.6 Å². The summed E-state index contributed by atoms with van der Waals surface area (Å²) in [5.41, 5.74) is 4.59. The number of sulfonamides is 1. The summed E-state index contributed by atoms with van der Waals surface area (Å²) in [4.78, 5) is 24.9. The van der Waals surface area contributed by atoms with Gasteiger partial charge in [0.1, 0.15) is 19.3 Å². The van der Waals surface area contributed by atoms with Gasteiger partial charge in [0.05, 0.1) is 9.77 Å². The lowest BCUT2D eigenvalue weighted by Crippen LogP contribution is -2.52. The Morgan fingerprint density at radius 2 is 1.93 bits per heavy atom. The molecule has 1 aliphatic rings. The van der Waals surface area contributed by atoms with Gasteiger partial charge in [-0.15, -0.1) is 11.3 Å². The molecule has 9 nitrogen and oxygen atoms in total. The molecule has 0 aliphatic carbocycles. The van der Waals surface area contributed by atoms with E-state index in [-0.39, 0.29) is 11.3 Å². The molecule has 3 N–H and O–H groups in total. The van der Waals surface area contributed by atoms with Gasteiger partial charge in [0.25, 0.3) is 11.8 Å². The topological polar surface area (TPSA) is 123 Å². The van der Waals surface area contributed by atoms with Crippen molar-refractivity contribution in [2.45, 2.75) is 17.4 Å². The molecular weight excluding hydrogens is 450 g/mol. The van der Waals surface area contributed by atoms with E-state index >= 15 is 0 Å². The van der Waals surface area contributed by atoms with E-state index in [1.54, 1.807) is 17.5 Å². The van der Waals surface area contributed by atoms with Gasteiger partial charge in [-0.1, -0.05) is 6.07 Å². The number of hydrogen-bond acceptors (Lipinski definition) is 8. The third kappa shape index (κ3) is 5.65. The normalized spacial score (nSPS) is 14.0. The van der Waals surface area contributed by atoms with Crippen LogP contribution in [0.2, 0.25) is 0 Å². The molecule has 0 fully saturated rings. The Kier molecular flexibility index (Phi) is 7.58. The molecule has 0 saturated heterocycles. The first-order valence-electron chi connectivity index (χ1n) is 8.95. The number of amides is 2. The molecule has 1 aliphatic heterocycles. The number of hydrazine groups is 1. The Balaban J connectivity index is 1.69. The number of nitrogens with one attached hydrogen (secondary N) is 3. The predicted octanol–water partition coefficient (Wildman–Crippen LogP) is 1.38. The highest BCUT2D eigenvalue weighted by molar-refractivity contribution is 7.98. The Hall–Kier alpha value is -2.28. The minimum Gasteiger partial charge on any atom is -0.486 e. The van der Waals surface area contributed by atoms with E-state index < -0.39 is 27.9 Å². The largest absolute Gasteiger partial charge is 0.486 e. The first kappa shape index (κ1) is 22.4. The van der Waals surface area contributed by atoms with Crippen LogP contribution in [0.5, 0.6) is 11.5 Å². The molecule has 0 spiro atoms. The van der Waals surface area contributed by atoms with Crippen molar-refractivity contribution in [2.75, 3.05) is 25.2 Å². The highest BCUT2D eigenvalue weighted by Crippen LogP contribution is 2.32. The number of thiophene rings is 1. The number of carbonyl (C=O) groups excluding carboxylic acids is 2. The molecular formula is C18H21N3O6S3. The van der Waals surface area contributed by atoms with Crippen molar-refractivity contribution in [1.82, 2.24) is 15.6 Å². The van der Waals surface area contributed by atoms with Crippen molar-refractivity contribution in [3.63, 3.8) is 0 Å². The van der Waals surface area contributed by atoms with Crippen molar-refractivity contribution >= 4 is 44.9 Å². The van der Waals surface area contributed by atoms with E-state index in [1.807, 2.05) is 6.26 Å². The van der Waals surface area contributed by atoms with Gasteiger partial charge in [-0.2, -0.15) is 16.5 Å². The maximum atomic E-state index is 12.8. The maximum Gasteiger partial charge on any atom is 0.279 e. The molecule has 162 valence electrons. The van der Waals surface area contributed by atoms with Crippen LogP contribution in [-0.4, -0.2) is 51.5 Å². The van der Waals surface area contributed by atoms with Crippen LogP contribution in [0.15, 0.2) is 40.6 Å². The first-order valence-corrected chi connectivity index (χ1v) is 12.7. The lowest BCUT2D eigenvalue weighted by atomic mass is 10.2. The smallest absolute Gasteiger partial charge is 0.279 e. The van der Waals surface area contributed by atoms with Crippen LogP contribution in [0.3, 0.4) is 0 Å². The summed E-state index contributed by atoms with van der Waals surface area (Å²) >= 11 is 2.70. The Morgan fingerprint density at radius 3 is 2.63 bits per heavy atom. The molecule has 30 heavy (non-hydrogen) atoms. The summed E-state index contributed by atoms with van der Waals surface area (Å²) in [6.07, 6.45) is 2.09. The zero-order valence-corrected chi connectivity index (χ0v) is 18.5. The fourth-order valence-electron chi connectivity index (χ4n) is 2.60. The molecule has 0 saturated carbocycles. The standard InChI is InChI=1S/C18H21N3O6S3/c1-28-10-6-13(17(22)19-20-18(23)16-3-2-9-29-16)21-30(24,25)12-4-5-14-15(11-12)27-8-7-26-14/h2-5,9,11,13,21H,6-8,10H2,1H3,(H,19,22)(H,20,23). The second-order valence-corrected chi connectivity index (χ2v) is 9.83. The summed E-state index contributed by atoms with van der Waals surface area (Å²) in [5.74, 6) is 0.206. The molecule has 2 amide bonds. The van der Waals surface area contributed by atoms with E-state index in [0.29, 0.717) is 35.3 Å². The van der Waals surface area contributed by atoms with Crippen molar-refractivity contribution in [2.24, 2.45) is 0 Å². The molecule has 2 heterocycles. The molecule has 2 aromatic rings. The van der Waals surface area contributed by atoms with E-state index in [2.05, 4.69) is 15.6 Å². The fourth-order valence-corrected chi connectivity index (χ4v) is 4.94. The number of thioether (sulfide) groups is 1. The van der Waals surface area contributed by atoms with Crippen LogP contribution in [0.25, 0.3) is 0 Å². The van der Waals surface area contributed by atoms with Gasteiger partial charge in [0.2, 0.25) is 10.0 Å². The Bertz CT molecular complexity index is 995. The van der Waals surface area contributed by atoms with E-state index in [9.17, 15) is 18.0 Å². The van der Waals surface area contributed by atoms with Gasteiger partial charge >= 0.3 is 0 Å². The summed E-state index contributed by atoms with van der Waals surface area (Å²) < 4.78 is 38.9. The van der Waals surface area contributed by atoms with Crippen LogP contribution in [0.1, 0.15) is 16.1 Å². The Labute approximate surface area is 182 Å². The van der Waals surface area contributed by atoms with Crippen molar-refractivity contribution < 1.29 is 27.5 Å². The van der Waals surface area contributed by atoms with E-state index in [1.165, 1.54) is 41.3 Å². The quantitative estimate of drug-likeness (QED) is 0.497. The molecule has 3 rings (SSSR count). The average Bonchev–Trinajstić information content (AvgIpc) is 3.29. The van der Waals surface area contributed by atoms with Gasteiger partial charge in [-0.05, 0) is 42.0 Å². The maximum absolute atomic E-state index is 12.8. The number of carbonyl (C=O) groups is 2. The average molecular weight is 472 g/mol. The van der Waals surface area contributed by atoms with Gasteiger partial charge in [0, 0.05) is 6.07 Å². The van der Waals surface area contributed by atoms with Crippen LogP contribution in [-0.2, 0) is 14.8 Å². The van der Waals surface area contributed by atoms with E-state index in [4.69, 9.17) is 9.47 Å². The summed E-state index contributed by atoms with van der Waals surface area (Å²) in [6.45, 7) is 0.720. The van der Waals surface area contributed by atoms with Crippen LogP contribution in [0, 0.1) is 0 Å². The Morgan fingerprint density at radius 1 is 1.17 bits per heavy atom. The zero-order chi connectivity index (χ0) is 21.6. The summed E-state index contributed by atoms with van der Waals surface area (Å²) in [6, 6.07) is 6.52. The number of rotatable bonds is 8. The second kappa shape index (κ2) is 10.2. The number of benzene rings is 1. The highest BCUT2D eigenvalue weighted by Gasteiger charge is 2.27. The summed E-state index contributed by atoms with van der Waals surface area (Å²) in [7, 11) is -4.02. The number of hydrogen-bond donors (Lipinski definition) is 3. The van der Waals surface area contributed by atoms with Gasteiger partial charge in [-0.25, -0.2) is 8.42 Å². The third-order valence-corrected chi connectivity index (χ3v) is 7.07. The SMILES string of the molecule is CSCCC(NS(=O)(=O)c1ccc2c(c1)OCCO2)C(=O)NNC(=O)c1cccs1. The highest BCUT2D eigenvalue weighted by atomic mass is 32.2. The number of ether oxygens (including phenoxy) is 2. The molecule has 0 bridgehead atoms. The molecule has 12 heteroatoms. The van der Waals surface area contributed by atoms with Gasteiger partial charge < -0.3 is 9.47 Å². The molecule has 1 unspecified atom stereocenters. The number of fused-ring (bicyclic) bond motifs is 1. The minimum absolute atomic E-state index is 0.0451. The molecule has 1 aromatic heterocycles. The fraction of sp³-hybridized carbons (Fsp3) is 0.333. The monoisotopic (exact) mass is 471 g/mol. The third-order valence-electron chi connectivity index (χ3n) is 4.09. The second-order valence-electron chi connectivity index (χ2n) is 6.18. The molecule has 1 aromatic carbocycles. The lowest BCUT2D eigenvalue weighted by molar-refractivity contribution is -0.123. The van der Waals surface area contributed by atoms with Gasteiger partial charge in [0.15, 0.2) is 11.5 Å². The minimum atomic E-state index is -4.02. The van der Waals surface area contributed by atoms with Crippen LogP contribution in [0.4, 0.5) is 0 Å². The van der Waals surface area contributed by atoms with Crippen LogP contribution >= 0.6 is 23.1 Å². The van der Waals surface area contributed by atoms with Crippen molar-refractivity contribution in [1.29, 1.82) is 0 Å². The zero-order valence-electron chi connectivity index (χ0n) is 16.0. The first-order chi connectivity index (χ1) is 14.4. The van der Waals surface area contributed by atoms with Gasteiger partial charge in [-0.3, -0.25) is 20.4 Å². The molecule has 0 radical (unpaired) electrons. The van der Waals surface area contributed by atoms with E-state index in [0.717, 1.165) is 0 Å². The molecule has 1 atom stereocenters. The van der Waals surface area contributed by atoms with Crippen molar-refractivity contribution in [3.8, 4) is 11.5 Å². The summed E-state index contributed by atoms with van der Waals surface area (Å²) in [5, 5.41) is 1.74. The van der Waals surface area contributed by atoms with Crippen LogP contribution < -0.4 is 25.0 Å². The predicted molar refractivity (Wildman–Crippen MR) is 114 cm³/mol. The lowest BCUT2D eigenvalue weighted by Gasteiger charge is -2.21.